The van der Waals surface area contributed by atoms with Crippen molar-refractivity contribution in [2.24, 2.45) is 139 Å². The number of ether oxygens (including phenoxy) is 1. The van der Waals surface area contributed by atoms with Crippen molar-refractivity contribution in [3.05, 3.63) is 175 Å². The fraction of sp³-hybridized carbons (Fsp3) is 0.728. The molecule has 13 aliphatic rings. The molecule has 0 bridgehead atoms. The predicted octanol–water partition coefficient (Wildman–Crippen LogP) is 23.7. The molecule has 0 amide bonds. The van der Waals surface area contributed by atoms with E-state index in [4.69, 9.17) is 9.84 Å². The maximum Gasteiger partial charge on any atom is 2.00 e. The number of epoxide rings is 1. The molecule has 6 N–H and O–H groups in total. The summed E-state index contributed by atoms with van der Waals surface area (Å²) in [5.41, 5.74) is 3.88. The van der Waals surface area contributed by atoms with Crippen LogP contribution in [0.1, 0.15) is 360 Å². The van der Waals surface area contributed by atoms with Gasteiger partial charge in [-0.25, -0.2) is 16.8 Å². The van der Waals surface area contributed by atoms with Gasteiger partial charge in [0.15, 0.2) is 19.7 Å². The Morgan fingerprint density at radius 1 is 0.419 bits per heavy atom. The first kappa shape index (κ1) is 108. The molecule has 12 aliphatic carbocycles. The Kier molecular flexibility index (Phi) is 37.6. The van der Waals surface area contributed by atoms with E-state index in [0.29, 0.717) is 84.9 Å². The third-order valence-corrected chi connectivity index (χ3v) is 44.2. The van der Waals surface area contributed by atoms with Crippen molar-refractivity contribution < 1.29 is 73.9 Å². The number of hydrogen-bond donors (Lipinski definition) is 6. The van der Waals surface area contributed by atoms with Crippen LogP contribution in [0.5, 0.6) is 0 Å². The van der Waals surface area contributed by atoms with E-state index in [9.17, 15) is 42.4 Å². The first-order chi connectivity index (χ1) is 60.0. The zero-order chi connectivity index (χ0) is 90.6. The molecule has 5 aromatic rings. The summed E-state index contributed by atoms with van der Waals surface area (Å²) in [6, 6.07) is 48.0. The Morgan fingerprint density at radius 2 is 0.744 bits per heavy atom. The molecule has 1 saturated heterocycles. The Bertz CT molecular complexity index is 4490. The molecule has 11 nitrogen and oxygen atoms in total. The monoisotopic (exact) mass is 1820 g/mol. The van der Waals surface area contributed by atoms with Gasteiger partial charge in [-0.05, 0) is 392 Å². The zero-order valence-corrected chi connectivity index (χ0v) is 85.3. The SMILES string of the molecule is C.CC[C@]1(O)CC[C@@]2(C)[C@@H](CC[C@@H]3[C@@H]2CC[C@]2(C)[C@@H]([C@H](C)C(C[C@@H](O)c4ccccc4)S(=O)(=O)c4ccccc4)CC[C@@H]32)C1.CC[C@]1(O)CC[C@@]2(C)[C@@H](CC[C@@H]3[C@@H]2CC[C@]2(C)[C@@H]([C@H](C)CC[C@@H](O)c4ccccc4)CC[C@@H]32)C1.CC[C@]1(O)CC[C@@]2(C)[C@@H](CC[C@@H]3[C@@H]2CC[C@]2(C)[C@@H]([C@H](C)CS(=O)(=O)c4ccccc4)CC[C@@H]32)C1.CO.[CH2-]CCC.[H-].[H-].[Li+].[Mg+2].c1ccc([C@H]2CO2)cc1. The van der Waals surface area contributed by atoms with Crippen molar-refractivity contribution in [2.45, 2.75) is 372 Å². The maximum atomic E-state index is 14.3. The molecule has 5 aromatic carbocycles. The predicted molar refractivity (Wildman–Crippen MR) is 530 cm³/mol. The van der Waals surface area contributed by atoms with Gasteiger partial charge in [0.1, 0.15) is 6.10 Å². The van der Waals surface area contributed by atoms with E-state index in [1.54, 1.807) is 36.4 Å². The van der Waals surface area contributed by atoms with Crippen molar-refractivity contribution in [2.75, 3.05) is 19.5 Å². The molecule has 714 valence electrons. The summed E-state index contributed by atoms with van der Waals surface area (Å²) < 4.78 is 60.1. The molecule has 129 heavy (non-hydrogen) atoms. The molecule has 12 saturated carbocycles. The molecule has 0 radical (unpaired) electrons. The largest absolute Gasteiger partial charge is 2.00 e. The zero-order valence-electron chi connectivity index (χ0n) is 84.3. The third-order valence-electron chi connectivity index (χ3n) is 39.9. The summed E-state index contributed by atoms with van der Waals surface area (Å²) in [6.07, 6.45) is 39.0. The summed E-state index contributed by atoms with van der Waals surface area (Å²) in [5, 5.41) is 61.7. The van der Waals surface area contributed by atoms with Crippen LogP contribution in [0.3, 0.4) is 0 Å². The second kappa shape index (κ2) is 44.9. The summed E-state index contributed by atoms with van der Waals surface area (Å²) in [6.45, 7) is 35.4. The molecule has 15 heteroatoms. The van der Waals surface area contributed by atoms with Gasteiger partial charge < -0.3 is 45.2 Å². The number of rotatable bonds is 21. The average molecular weight is 1820 g/mol. The fourth-order valence-electron chi connectivity index (χ4n) is 32.0. The van der Waals surface area contributed by atoms with Crippen LogP contribution in [0.15, 0.2) is 161 Å². The Labute approximate surface area is 816 Å². The molecule has 1 unspecified atom stereocenters. The second-order valence-electron chi connectivity index (χ2n) is 45.6. The molecule has 31 atom stereocenters. The van der Waals surface area contributed by atoms with E-state index >= 15 is 0 Å². The molecule has 0 spiro atoms. The van der Waals surface area contributed by atoms with E-state index in [2.05, 4.69) is 121 Å². The Morgan fingerprint density at radius 3 is 1.11 bits per heavy atom. The number of unbranched alkanes of at least 4 members (excludes halogenated alkanes) is 1. The Hall–Kier alpha value is -2.92. The summed E-state index contributed by atoms with van der Waals surface area (Å²) in [4.78, 5) is 0.840. The summed E-state index contributed by atoms with van der Waals surface area (Å²) in [5.74, 6) is 11.7. The summed E-state index contributed by atoms with van der Waals surface area (Å²) >= 11 is 0. The van der Waals surface area contributed by atoms with E-state index in [0.717, 1.165) is 168 Å². The van der Waals surface area contributed by atoms with Crippen LogP contribution in [0.2, 0.25) is 0 Å². The minimum atomic E-state index is -3.65. The van der Waals surface area contributed by atoms with Gasteiger partial charge in [0.2, 0.25) is 0 Å². The van der Waals surface area contributed by atoms with Crippen LogP contribution in [-0.4, -0.2) is 112 Å². The van der Waals surface area contributed by atoms with Gasteiger partial charge in [0.25, 0.3) is 0 Å². The van der Waals surface area contributed by atoms with Gasteiger partial charge in [-0.2, -0.15) is 6.42 Å². The fourth-order valence-corrected chi connectivity index (χ4v) is 35.8. The number of fused-ring (bicyclic) bond motifs is 15. The minimum Gasteiger partial charge on any atom is -1.00 e. The van der Waals surface area contributed by atoms with E-state index in [-0.39, 0.29) is 93.1 Å². The van der Waals surface area contributed by atoms with Crippen molar-refractivity contribution in [1.82, 2.24) is 0 Å². The second-order valence-corrected chi connectivity index (χ2v) is 49.8. The van der Waals surface area contributed by atoms with Gasteiger partial charge in [-0.3, -0.25) is 0 Å². The van der Waals surface area contributed by atoms with E-state index in [1.807, 2.05) is 91.0 Å². The molecule has 18 rings (SSSR count). The smallest absolute Gasteiger partial charge is 1.00 e. The Balaban J connectivity index is 0.000000221. The van der Waals surface area contributed by atoms with Gasteiger partial charge in [-0.1, -0.05) is 231 Å². The first-order valence-corrected chi connectivity index (χ1v) is 54.3. The maximum absolute atomic E-state index is 14.3. The molecular formula is C114H177LiMgO11S2. The number of benzene rings is 5. The molecule has 1 heterocycles. The normalized spacial score (nSPS) is 39.1. The third kappa shape index (κ3) is 22.5. The molecule has 0 aromatic heterocycles. The molecular weight excluding hydrogens is 1640 g/mol. The van der Waals surface area contributed by atoms with Crippen LogP contribution in [0.25, 0.3) is 0 Å². The van der Waals surface area contributed by atoms with Crippen molar-refractivity contribution in [3.63, 3.8) is 0 Å². The number of aliphatic hydroxyl groups excluding tert-OH is 3. The van der Waals surface area contributed by atoms with Gasteiger partial charge in [0, 0.05) is 7.11 Å². The number of hydrogen-bond acceptors (Lipinski definition) is 11. The number of sulfone groups is 2. The summed E-state index contributed by atoms with van der Waals surface area (Å²) in [7, 11) is -5.90. The standard InChI is InChI=1S/C38H54O4S.C32H50O2.C30H46O3S.C8H8O.C4H9.CH4O.CH4.Li.Mg.2H/c1-5-38(40)23-22-36(3)28(25-38)16-17-30-32-19-18-31(37(32,4)21-20-33(30)36)26(2)35(24-34(39)27-12-8-6-9-13-27)43(41,42)29-14-10-7-11-15-29;1-5-32(34)20-19-30(3)24(21-32)12-13-25-27-15-14-26(31(27,4)18-17-28(25)30)22(2)11-16-29(33)23-9-7-6-8-10-23;1-5-30(31)18-17-28(3)22(19-30)11-12-24-26-14-13-25(29(26,4)16-15-27(24)28)21(2)20-34(32,33)23-9-7-6-8-10-23;1-2-4-7(5-3-1)8-6-9-8;1-3-4-2;1-2;;;;;/h6-15,26,28,30-35,39-40H,5,16-25H2,1-4H3;6-10,22,24-29,33-34H,5,11-21H2,1-4H3;6-10,21-22,24-27,31H,5,11-20H2,1-4H3;1-5,8H,6H2;1,3-4H2,2H3;2H,1H3;1H4;;;;/q;;;;-1;;;+1;+2;2*-1/t26-,28-,30-,31+,32-,33-,34+,35?,36-,37+,38-;22-,24+,25+,26-,27+,28+,29-,30+,31-,32+;21-,22+,24+,25-,26+,27+,28+,29-,30+;8-;;;;;;;/m0111......./s1. The van der Waals surface area contributed by atoms with E-state index < -0.39 is 47.8 Å². The van der Waals surface area contributed by atoms with Crippen molar-refractivity contribution >= 4 is 42.7 Å². The molecule has 13 fully saturated rings. The average Bonchev–Trinajstić information content (AvgIpc) is 1.62. The first-order valence-electron chi connectivity index (χ1n) is 51.1. The van der Waals surface area contributed by atoms with Crippen molar-refractivity contribution in [3.8, 4) is 0 Å². The topological polar surface area (TPSA) is 202 Å². The molecule has 1 aliphatic heterocycles. The van der Waals surface area contributed by atoms with Gasteiger partial charge >= 0.3 is 41.9 Å². The van der Waals surface area contributed by atoms with Crippen LogP contribution >= 0.6 is 0 Å². The minimum absolute atomic E-state index is 0. The quantitative estimate of drug-likeness (QED) is 0.0232. The van der Waals surface area contributed by atoms with Gasteiger partial charge in [0.05, 0.1) is 56.4 Å². The van der Waals surface area contributed by atoms with Crippen LogP contribution < -0.4 is 18.9 Å². The van der Waals surface area contributed by atoms with Crippen LogP contribution in [0, 0.1) is 146 Å². The van der Waals surface area contributed by atoms with Crippen LogP contribution in [-0.2, 0) is 24.4 Å². The van der Waals surface area contributed by atoms with Crippen LogP contribution in [0.4, 0.5) is 0 Å². The van der Waals surface area contributed by atoms with E-state index in [1.165, 1.54) is 128 Å². The van der Waals surface area contributed by atoms with Crippen molar-refractivity contribution in [1.29, 1.82) is 0 Å². The van der Waals surface area contributed by atoms with Gasteiger partial charge in [-0.15, -0.1) is 0 Å². The number of aliphatic hydroxyl groups is 6.